The summed E-state index contributed by atoms with van der Waals surface area (Å²) in [4.78, 5) is 16.9. The van der Waals surface area contributed by atoms with Gasteiger partial charge in [-0.15, -0.1) is 11.3 Å². The summed E-state index contributed by atoms with van der Waals surface area (Å²) in [6.07, 6.45) is 0. The topological polar surface area (TPSA) is 51.2 Å². The number of nitrogens with zero attached hydrogens (tertiary/aromatic N) is 1. The molecule has 1 N–H and O–H groups in total. The van der Waals surface area contributed by atoms with E-state index in [0.717, 1.165) is 16.8 Å². The molecule has 0 fully saturated rings. The number of para-hydroxylation sites is 1. The fourth-order valence-electron chi connectivity index (χ4n) is 2.34. The molecular formula is C18H16N2O2S. The van der Waals surface area contributed by atoms with Crippen molar-refractivity contribution < 1.29 is 9.53 Å². The number of carbonyl (C=O) groups excluding carboxylic acids is 1. The Morgan fingerprint density at radius 3 is 2.65 bits per heavy atom. The first kappa shape index (κ1) is 15.2. The average molecular weight is 324 g/mol. The summed E-state index contributed by atoms with van der Waals surface area (Å²) in [5.74, 6) is 0.365. The number of nitrogens with one attached hydrogen (secondary N) is 1. The van der Waals surface area contributed by atoms with Crippen molar-refractivity contribution in [3.8, 4) is 17.0 Å². The lowest BCUT2D eigenvalue weighted by Gasteiger charge is -2.10. The number of anilines is 1. The van der Waals surface area contributed by atoms with Crippen LogP contribution in [0.15, 0.2) is 53.9 Å². The number of aryl methyl sites for hydroxylation is 1. The summed E-state index contributed by atoms with van der Waals surface area (Å²) < 4.78 is 5.33. The molecule has 1 heterocycles. The molecule has 23 heavy (non-hydrogen) atoms. The Bertz CT molecular complexity index is 828. The van der Waals surface area contributed by atoms with E-state index in [-0.39, 0.29) is 5.91 Å². The summed E-state index contributed by atoms with van der Waals surface area (Å²) in [6, 6.07) is 15.4. The van der Waals surface area contributed by atoms with E-state index in [1.807, 2.05) is 54.8 Å². The summed E-state index contributed by atoms with van der Waals surface area (Å²) in [5, 5.41) is 5.33. The molecular weight excluding hydrogens is 308 g/mol. The minimum atomic E-state index is -0.223. The molecule has 0 spiro atoms. The number of hydrogen-bond acceptors (Lipinski definition) is 4. The Balaban J connectivity index is 1.82. The van der Waals surface area contributed by atoms with Gasteiger partial charge in [0.25, 0.3) is 5.91 Å². The smallest absolute Gasteiger partial charge is 0.261 e. The molecule has 0 unspecified atom stereocenters. The third-order valence-electron chi connectivity index (χ3n) is 3.45. The van der Waals surface area contributed by atoms with Gasteiger partial charge in [0.1, 0.15) is 5.75 Å². The molecule has 4 nitrogen and oxygen atoms in total. The van der Waals surface area contributed by atoms with Gasteiger partial charge < -0.3 is 4.74 Å². The van der Waals surface area contributed by atoms with Gasteiger partial charge in [-0.05, 0) is 18.6 Å². The fraction of sp³-hybridized carbons (Fsp3) is 0.111. The van der Waals surface area contributed by atoms with Crippen molar-refractivity contribution in [3.05, 3.63) is 65.0 Å². The van der Waals surface area contributed by atoms with Gasteiger partial charge in [0.15, 0.2) is 5.13 Å². The maximum atomic E-state index is 12.5. The maximum absolute atomic E-state index is 12.5. The van der Waals surface area contributed by atoms with Crippen molar-refractivity contribution in [1.82, 2.24) is 4.98 Å². The lowest BCUT2D eigenvalue weighted by Crippen LogP contribution is -2.13. The predicted molar refractivity (Wildman–Crippen MR) is 93.2 cm³/mol. The van der Waals surface area contributed by atoms with Crippen LogP contribution in [-0.4, -0.2) is 18.0 Å². The van der Waals surface area contributed by atoms with Gasteiger partial charge in [-0.1, -0.05) is 42.5 Å². The van der Waals surface area contributed by atoms with Gasteiger partial charge in [-0.25, -0.2) is 4.98 Å². The average Bonchev–Trinajstić information content (AvgIpc) is 3.04. The van der Waals surface area contributed by atoms with Crippen LogP contribution < -0.4 is 10.1 Å². The monoisotopic (exact) mass is 324 g/mol. The number of aromatic nitrogens is 1. The van der Waals surface area contributed by atoms with Gasteiger partial charge in [0.05, 0.1) is 18.4 Å². The number of hydrogen-bond donors (Lipinski definition) is 1. The third kappa shape index (κ3) is 3.24. The zero-order chi connectivity index (χ0) is 16.2. The molecule has 0 aliphatic heterocycles. The largest absolute Gasteiger partial charge is 0.496 e. The predicted octanol–water partition coefficient (Wildman–Crippen LogP) is 4.38. The quantitative estimate of drug-likeness (QED) is 0.775. The van der Waals surface area contributed by atoms with Crippen LogP contribution in [0, 0.1) is 6.92 Å². The third-order valence-corrected chi connectivity index (χ3v) is 4.21. The molecule has 0 bridgehead atoms. The van der Waals surface area contributed by atoms with Crippen LogP contribution in [-0.2, 0) is 0 Å². The summed E-state index contributed by atoms with van der Waals surface area (Å²) in [6.45, 7) is 1.91. The van der Waals surface area contributed by atoms with Gasteiger partial charge in [-0.3, -0.25) is 10.1 Å². The molecule has 116 valence electrons. The Labute approximate surface area is 138 Å². The second kappa shape index (κ2) is 6.62. The van der Waals surface area contributed by atoms with Gasteiger partial charge in [0.2, 0.25) is 0 Å². The van der Waals surface area contributed by atoms with Crippen LogP contribution >= 0.6 is 11.3 Å². The summed E-state index contributed by atoms with van der Waals surface area (Å²) in [5.41, 5.74) is 3.30. The van der Waals surface area contributed by atoms with Crippen LogP contribution in [0.3, 0.4) is 0 Å². The first-order valence-corrected chi connectivity index (χ1v) is 8.03. The normalized spacial score (nSPS) is 10.3. The fourth-order valence-corrected chi connectivity index (χ4v) is 3.05. The summed E-state index contributed by atoms with van der Waals surface area (Å²) in [7, 11) is 1.57. The van der Waals surface area contributed by atoms with E-state index in [0.29, 0.717) is 16.4 Å². The Morgan fingerprint density at radius 1 is 1.13 bits per heavy atom. The van der Waals surface area contributed by atoms with Crippen molar-refractivity contribution in [1.29, 1.82) is 0 Å². The number of amides is 1. The zero-order valence-corrected chi connectivity index (χ0v) is 13.7. The standard InChI is InChI=1S/C18H16N2O2S/c1-12-7-6-10-14(16(12)22-2)17(21)20-18-19-15(11-23-18)13-8-4-3-5-9-13/h3-11H,1-2H3,(H,19,20,21). The molecule has 0 aliphatic carbocycles. The highest BCUT2D eigenvalue weighted by Gasteiger charge is 2.15. The minimum absolute atomic E-state index is 0.223. The Morgan fingerprint density at radius 2 is 1.91 bits per heavy atom. The number of carbonyl (C=O) groups is 1. The molecule has 0 atom stereocenters. The van der Waals surface area contributed by atoms with E-state index in [2.05, 4.69) is 10.3 Å². The molecule has 0 saturated carbocycles. The Kier molecular flexibility index (Phi) is 4.39. The molecule has 0 saturated heterocycles. The SMILES string of the molecule is COc1c(C)cccc1C(=O)Nc1nc(-c2ccccc2)cs1. The molecule has 1 amide bonds. The lowest BCUT2D eigenvalue weighted by molar-refractivity contribution is 0.102. The van der Waals surface area contributed by atoms with Crippen LogP contribution in [0.25, 0.3) is 11.3 Å². The van der Waals surface area contributed by atoms with Gasteiger partial charge >= 0.3 is 0 Å². The van der Waals surface area contributed by atoms with E-state index in [1.165, 1.54) is 11.3 Å². The summed E-state index contributed by atoms with van der Waals surface area (Å²) >= 11 is 1.40. The first-order chi connectivity index (χ1) is 11.2. The molecule has 1 aromatic heterocycles. The van der Waals surface area contributed by atoms with E-state index in [4.69, 9.17) is 4.74 Å². The maximum Gasteiger partial charge on any atom is 0.261 e. The van der Waals surface area contributed by atoms with E-state index in [1.54, 1.807) is 13.2 Å². The van der Waals surface area contributed by atoms with Crippen molar-refractivity contribution in [2.24, 2.45) is 0 Å². The second-order valence-electron chi connectivity index (χ2n) is 5.01. The van der Waals surface area contributed by atoms with Crippen LogP contribution in [0.5, 0.6) is 5.75 Å². The van der Waals surface area contributed by atoms with Crippen molar-refractivity contribution in [3.63, 3.8) is 0 Å². The number of benzene rings is 2. The van der Waals surface area contributed by atoms with Crippen LogP contribution in [0.1, 0.15) is 15.9 Å². The number of thiazole rings is 1. The van der Waals surface area contributed by atoms with E-state index < -0.39 is 0 Å². The van der Waals surface area contributed by atoms with Gasteiger partial charge in [-0.2, -0.15) is 0 Å². The van der Waals surface area contributed by atoms with Crippen molar-refractivity contribution >= 4 is 22.4 Å². The van der Waals surface area contributed by atoms with Crippen molar-refractivity contribution in [2.75, 3.05) is 12.4 Å². The lowest BCUT2D eigenvalue weighted by atomic mass is 10.1. The molecule has 0 aliphatic rings. The highest BCUT2D eigenvalue weighted by Crippen LogP contribution is 2.27. The number of rotatable bonds is 4. The molecule has 3 aromatic rings. The van der Waals surface area contributed by atoms with Crippen molar-refractivity contribution in [2.45, 2.75) is 6.92 Å². The zero-order valence-electron chi connectivity index (χ0n) is 12.9. The molecule has 2 aromatic carbocycles. The van der Waals surface area contributed by atoms with E-state index >= 15 is 0 Å². The van der Waals surface area contributed by atoms with Crippen LogP contribution in [0.4, 0.5) is 5.13 Å². The second-order valence-corrected chi connectivity index (χ2v) is 5.87. The van der Waals surface area contributed by atoms with Gasteiger partial charge in [0, 0.05) is 10.9 Å². The van der Waals surface area contributed by atoms with Crippen LogP contribution in [0.2, 0.25) is 0 Å². The molecule has 0 radical (unpaired) electrons. The Hall–Kier alpha value is -2.66. The minimum Gasteiger partial charge on any atom is -0.496 e. The molecule has 5 heteroatoms. The highest BCUT2D eigenvalue weighted by molar-refractivity contribution is 7.14. The van der Waals surface area contributed by atoms with E-state index in [9.17, 15) is 4.79 Å². The first-order valence-electron chi connectivity index (χ1n) is 7.15. The number of ether oxygens (including phenoxy) is 1. The number of methoxy groups -OCH3 is 1. The molecule has 3 rings (SSSR count). The highest BCUT2D eigenvalue weighted by atomic mass is 32.1.